The molecule has 1 fully saturated rings. The van der Waals surface area contributed by atoms with Crippen molar-refractivity contribution in [3.8, 4) is 0 Å². The van der Waals surface area contributed by atoms with Crippen molar-refractivity contribution in [1.29, 1.82) is 0 Å². The molecule has 0 spiro atoms. The summed E-state index contributed by atoms with van der Waals surface area (Å²) in [6.45, 7) is 1.000. The van der Waals surface area contributed by atoms with Crippen LogP contribution in [0.3, 0.4) is 0 Å². The quantitative estimate of drug-likeness (QED) is 0.809. The molecule has 24 heavy (non-hydrogen) atoms. The molecule has 0 aromatic heterocycles. The van der Waals surface area contributed by atoms with Crippen LogP contribution in [0.25, 0.3) is 0 Å². The number of hydrogen-bond donors (Lipinski definition) is 0. The first kappa shape index (κ1) is 17.0. The minimum absolute atomic E-state index is 0.0160. The third-order valence-corrected chi connectivity index (χ3v) is 4.32. The van der Waals surface area contributed by atoms with E-state index in [1.807, 2.05) is 65.6 Å². The zero-order valence-corrected chi connectivity index (χ0v) is 13.2. The van der Waals surface area contributed by atoms with E-state index in [0.29, 0.717) is 13.1 Å². The smallest absolute Gasteiger partial charge is 0.372 e. The SMILES string of the molecule is FC(F)(F)[C@@H]1CN(Cc2ccccc2)C[C@H]1OCc1ccccc1. The van der Waals surface area contributed by atoms with Gasteiger partial charge in [-0.1, -0.05) is 60.7 Å². The van der Waals surface area contributed by atoms with Gasteiger partial charge in [-0.3, -0.25) is 4.90 Å². The van der Waals surface area contributed by atoms with Crippen LogP contribution in [0.4, 0.5) is 13.2 Å². The number of nitrogens with zero attached hydrogens (tertiary/aromatic N) is 1. The number of rotatable bonds is 5. The Morgan fingerprint density at radius 1 is 0.875 bits per heavy atom. The standard InChI is InChI=1S/C19H20F3NO/c20-19(21,22)17-12-23(11-15-7-3-1-4-8-15)13-18(17)24-14-16-9-5-2-6-10-16/h1-10,17-18H,11-14H2/t17-,18-/m1/s1. The second kappa shape index (κ2) is 7.36. The van der Waals surface area contributed by atoms with Crippen molar-refractivity contribution in [1.82, 2.24) is 4.90 Å². The highest BCUT2D eigenvalue weighted by Gasteiger charge is 2.50. The van der Waals surface area contributed by atoms with Crippen molar-refractivity contribution in [3.63, 3.8) is 0 Å². The fourth-order valence-corrected chi connectivity index (χ4v) is 3.08. The molecular formula is C19H20F3NO. The van der Waals surface area contributed by atoms with Crippen LogP contribution in [0, 0.1) is 5.92 Å². The Balaban J connectivity index is 1.64. The predicted octanol–water partition coefficient (Wildman–Crippen LogP) is 4.27. The van der Waals surface area contributed by atoms with Gasteiger partial charge in [0.2, 0.25) is 0 Å². The van der Waals surface area contributed by atoms with E-state index in [2.05, 4.69) is 0 Å². The molecule has 0 bridgehead atoms. The van der Waals surface area contributed by atoms with Gasteiger partial charge in [0.15, 0.2) is 0 Å². The summed E-state index contributed by atoms with van der Waals surface area (Å²) in [5.74, 6) is -1.44. The molecule has 5 heteroatoms. The van der Waals surface area contributed by atoms with Gasteiger partial charge in [-0.15, -0.1) is 0 Å². The summed E-state index contributed by atoms with van der Waals surface area (Å²) >= 11 is 0. The van der Waals surface area contributed by atoms with Crippen molar-refractivity contribution in [2.75, 3.05) is 13.1 Å². The average molecular weight is 335 g/mol. The molecule has 1 aliphatic rings. The number of likely N-dealkylation sites (tertiary alicyclic amines) is 1. The Kier molecular flexibility index (Phi) is 5.21. The van der Waals surface area contributed by atoms with E-state index in [0.717, 1.165) is 11.1 Å². The monoisotopic (exact) mass is 335 g/mol. The molecule has 0 radical (unpaired) electrons. The van der Waals surface area contributed by atoms with E-state index in [-0.39, 0.29) is 13.2 Å². The maximum Gasteiger partial charge on any atom is 0.395 e. The lowest BCUT2D eigenvalue weighted by Crippen LogP contribution is -2.34. The van der Waals surface area contributed by atoms with Crippen LogP contribution in [0.2, 0.25) is 0 Å². The van der Waals surface area contributed by atoms with Gasteiger partial charge in [0.05, 0.1) is 18.6 Å². The first-order valence-electron chi connectivity index (χ1n) is 8.01. The van der Waals surface area contributed by atoms with Gasteiger partial charge in [0, 0.05) is 19.6 Å². The van der Waals surface area contributed by atoms with Gasteiger partial charge < -0.3 is 4.74 Å². The molecular weight excluding hydrogens is 315 g/mol. The molecule has 1 aliphatic heterocycles. The zero-order valence-electron chi connectivity index (χ0n) is 13.2. The molecule has 0 amide bonds. The van der Waals surface area contributed by atoms with Crippen LogP contribution >= 0.6 is 0 Å². The Morgan fingerprint density at radius 3 is 2.04 bits per heavy atom. The fraction of sp³-hybridized carbons (Fsp3) is 0.368. The molecule has 1 heterocycles. The second-order valence-corrected chi connectivity index (χ2v) is 6.16. The van der Waals surface area contributed by atoms with Gasteiger partial charge in [0.25, 0.3) is 0 Å². The number of hydrogen-bond acceptors (Lipinski definition) is 2. The lowest BCUT2D eigenvalue weighted by molar-refractivity contribution is -0.196. The summed E-state index contributed by atoms with van der Waals surface area (Å²) in [4.78, 5) is 1.82. The Bertz CT molecular complexity index is 630. The highest BCUT2D eigenvalue weighted by atomic mass is 19.4. The van der Waals surface area contributed by atoms with Crippen molar-refractivity contribution >= 4 is 0 Å². The molecule has 0 saturated carbocycles. The molecule has 0 aliphatic carbocycles. The van der Waals surface area contributed by atoms with Gasteiger partial charge in [0.1, 0.15) is 0 Å². The van der Waals surface area contributed by atoms with E-state index < -0.39 is 18.2 Å². The second-order valence-electron chi connectivity index (χ2n) is 6.16. The Hall–Kier alpha value is -1.85. The topological polar surface area (TPSA) is 12.5 Å². The Labute approximate surface area is 139 Å². The van der Waals surface area contributed by atoms with Crippen molar-refractivity contribution in [2.45, 2.75) is 25.4 Å². The fourth-order valence-electron chi connectivity index (χ4n) is 3.08. The third kappa shape index (κ3) is 4.36. The lowest BCUT2D eigenvalue weighted by atomic mass is 10.1. The summed E-state index contributed by atoms with van der Waals surface area (Å²) in [7, 11) is 0. The van der Waals surface area contributed by atoms with Gasteiger partial charge >= 0.3 is 6.18 Å². The third-order valence-electron chi connectivity index (χ3n) is 4.32. The van der Waals surface area contributed by atoms with Gasteiger partial charge in [-0.2, -0.15) is 13.2 Å². The zero-order chi connectivity index (χ0) is 17.0. The molecule has 2 aromatic rings. The van der Waals surface area contributed by atoms with Crippen molar-refractivity contribution in [3.05, 3.63) is 71.8 Å². The van der Waals surface area contributed by atoms with Crippen LogP contribution in [0.15, 0.2) is 60.7 Å². The number of halogens is 3. The highest BCUT2D eigenvalue weighted by Crippen LogP contribution is 2.36. The van der Waals surface area contributed by atoms with Crippen LogP contribution in [0.1, 0.15) is 11.1 Å². The minimum atomic E-state index is -4.24. The van der Waals surface area contributed by atoms with Crippen molar-refractivity contribution < 1.29 is 17.9 Å². The maximum atomic E-state index is 13.3. The average Bonchev–Trinajstić information content (AvgIpc) is 2.98. The summed E-state index contributed by atoms with van der Waals surface area (Å²) < 4.78 is 45.7. The van der Waals surface area contributed by atoms with Crippen LogP contribution < -0.4 is 0 Å². The molecule has 2 nitrogen and oxygen atoms in total. The van der Waals surface area contributed by atoms with Crippen molar-refractivity contribution in [2.24, 2.45) is 5.92 Å². The minimum Gasteiger partial charge on any atom is -0.372 e. The van der Waals surface area contributed by atoms with Crippen LogP contribution in [-0.2, 0) is 17.9 Å². The lowest BCUT2D eigenvalue weighted by Gasteiger charge is -2.21. The highest BCUT2D eigenvalue weighted by molar-refractivity contribution is 5.15. The van der Waals surface area contributed by atoms with E-state index in [4.69, 9.17) is 4.74 Å². The summed E-state index contributed by atoms with van der Waals surface area (Å²) in [5.41, 5.74) is 1.90. The summed E-state index contributed by atoms with van der Waals surface area (Å²) in [6, 6.07) is 18.9. The molecule has 128 valence electrons. The number of alkyl halides is 3. The molecule has 1 saturated heterocycles. The molecule has 2 atom stereocenters. The van der Waals surface area contributed by atoms with E-state index in [1.54, 1.807) is 0 Å². The maximum absolute atomic E-state index is 13.3. The molecule has 0 unspecified atom stereocenters. The predicted molar refractivity (Wildman–Crippen MR) is 86.3 cm³/mol. The first-order chi connectivity index (χ1) is 11.5. The molecule has 0 N–H and O–H groups in total. The number of benzene rings is 2. The van der Waals surface area contributed by atoms with E-state index >= 15 is 0 Å². The van der Waals surface area contributed by atoms with Gasteiger partial charge in [-0.05, 0) is 11.1 Å². The van der Waals surface area contributed by atoms with Gasteiger partial charge in [-0.25, -0.2) is 0 Å². The number of ether oxygens (including phenoxy) is 1. The molecule has 3 rings (SSSR count). The largest absolute Gasteiger partial charge is 0.395 e. The molecule has 2 aromatic carbocycles. The Morgan fingerprint density at radius 2 is 1.46 bits per heavy atom. The summed E-state index contributed by atoms with van der Waals surface area (Å²) in [6.07, 6.45) is -5.07. The first-order valence-corrected chi connectivity index (χ1v) is 8.01. The van der Waals surface area contributed by atoms with E-state index in [9.17, 15) is 13.2 Å². The van der Waals surface area contributed by atoms with Crippen LogP contribution in [0.5, 0.6) is 0 Å². The van der Waals surface area contributed by atoms with Crippen LogP contribution in [-0.4, -0.2) is 30.3 Å². The van der Waals surface area contributed by atoms with E-state index in [1.165, 1.54) is 0 Å². The summed E-state index contributed by atoms with van der Waals surface area (Å²) in [5, 5.41) is 0. The normalized spacial score (nSPS) is 22.0.